The first-order valence-electron chi connectivity index (χ1n) is 4.89. The number of para-hydroxylation sites is 1. The van der Waals surface area contributed by atoms with Crippen LogP contribution in [0.4, 0.5) is 5.69 Å². The maximum atomic E-state index is 11.4. The van der Waals surface area contributed by atoms with Gasteiger partial charge in [0.1, 0.15) is 6.61 Å². The van der Waals surface area contributed by atoms with Gasteiger partial charge in [-0.15, -0.1) is 0 Å². The van der Waals surface area contributed by atoms with Crippen molar-refractivity contribution in [1.82, 2.24) is 0 Å². The number of benzene rings is 1. The summed E-state index contributed by atoms with van der Waals surface area (Å²) in [5, 5.41) is 11.5. The zero-order valence-corrected chi connectivity index (χ0v) is 9.90. The molecule has 92 valence electrons. The molecular weight excluding hydrogens is 246 g/mol. The molecule has 0 aliphatic heterocycles. The van der Waals surface area contributed by atoms with Crippen molar-refractivity contribution in [2.75, 3.05) is 11.9 Å². The van der Waals surface area contributed by atoms with Crippen molar-refractivity contribution in [2.45, 2.75) is 13.0 Å². The number of carboxylic acid groups (broad SMARTS) is 1. The molecule has 0 saturated carbocycles. The summed E-state index contributed by atoms with van der Waals surface area (Å²) in [6, 6.07) is 6.74. The number of ether oxygens (including phenoxy) is 1. The van der Waals surface area contributed by atoms with E-state index in [9.17, 15) is 9.59 Å². The Balaban J connectivity index is 2.46. The molecule has 0 aliphatic carbocycles. The minimum atomic E-state index is -1.12. The predicted octanol–water partition coefficient (Wildman–Crippen LogP) is 1.77. The summed E-state index contributed by atoms with van der Waals surface area (Å²) in [5.41, 5.74) is 0.464. The number of hydrogen-bond donors (Lipinski definition) is 2. The number of nitrogens with one attached hydrogen (secondary N) is 1. The van der Waals surface area contributed by atoms with Crippen LogP contribution in [0.2, 0.25) is 5.02 Å². The Hall–Kier alpha value is -1.59. The molecule has 17 heavy (non-hydrogen) atoms. The van der Waals surface area contributed by atoms with Crippen molar-refractivity contribution in [2.24, 2.45) is 0 Å². The summed E-state index contributed by atoms with van der Waals surface area (Å²) >= 11 is 5.83. The summed E-state index contributed by atoms with van der Waals surface area (Å²) in [5.74, 6) is -1.57. The highest BCUT2D eigenvalue weighted by Crippen LogP contribution is 2.20. The van der Waals surface area contributed by atoms with Crippen LogP contribution >= 0.6 is 11.6 Å². The van der Waals surface area contributed by atoms with E-state index in [4.69, 9.17) is 21.4 Å². The average Bonchev–Trinajstić information content (AvgIpc) is 2.29. The Morgan fingerprint density at radius 2 is 2.12 bits per heavy atom. The monoisotopic (exact) mass is 257 g/mol. The summed E-state index contributed by atoms with van der Waals surface area (Å²) in [4.78, 5) is 21.9. The fourth-order valence-electron chi connectivity index (χ4n) is 1.02. The van der Waals surface area contributed by atoms with Crippen molar-refractivity contribution >= 4 is 29.2 Å². The molecule has 0 spiro atoms. The highest BCUT2D eigenvalue weighted by Gasteiger charge is 2.13. The van der Waals surface area contributed by atoms with Crippen LogP contribution in [-0.2, 0) is 14.3 Å². The molecule has 2 N–H and O–H groups in total. The summed E-state index contributed by atoms with van der Waals surface area (Å²) in [6.45, 7) is 1.02. The van der Waals surface area contributed by atoms with E-state index in [1.165, 1.54) is 6.92 Å². The third kappa shape index (κ3) is 4.42. The maximum Gasteiger partial charge on any atom is 0.332 e. The summed E-state index contributed by atoms with van der Waals surface area (Å²) in [6.07, 6.45) is -1.02. The van der Waals surface area contributed by atoms with Gasteiger partial charge >= 0.3 is 5.97 Å². The van der Waals surface area contributed by atoms with Gasteiger partial charge in [0.15, 0.2) is 6.10 Å². The molecule has 0 radical (unpaired) electrons. The lowest BCUT2D eigenvalue weighted by Gasteiger charge is -2.09. The molecule has 0 heterocycles. The standard InChI is InChI=1S/C11H12ClNO4/c1-7(11(15)16)17-6-10(14)13-9-5-3-2-4-8(9)12/h2-5,7H,6H2,1H3,(H,13,14)(H,15,16)/t7-/m1/s1. The predicted molar refractivity (Wildman–Crippen MR) is 63.1 cm³/mol. The van der Waals surface area contributed by atoms with Gasteiger partial charge in [-0.25, -0.2) is 4.79 Å². The SMILES string of the molecule is C[C@@H](OCC(=O)Nc1ccccc1Cl)C(=O)O. The lowest BCUT2D eigenvalue weighted by Crippen LogP contribution is -2.26. The highest BCUT2D eigenvalue weighted by atomic mass is 35.5. The average molecular weight is 258 g/mol. The van der Waals surface area contributed by atoms with Gasteiger partial charge in [0, 0.05) is 0 Å². The lowest BCUT2D eigenvalue weighted by molar-refractivity contribution is -0.150. The summed E-state index contributed by atoms with van der Waals surface area (Å²) in [7, 11) is 0. The highest BCUT2D eigenvalue weighted by molar-refractivity contribution is 6.33. The van der Waals surface area contributed by atoms with Gasteiger partial charge in [0.25, 0.3) is 0 Å². The molecule has 1 amide bonds. The van der Waals surface area contributed by atoms with Crippen LogP contribution in [0.25, 0.3) is 0 Å². The second kappa shape index (κ2) is 6.22. The molecule has 0 aliphatic rings. The maximum absolute atomic E-state index is 11.4. The van der Waals surface area contributed by atoms with E-state index < -0.39 is 18.0 Å². The molecular formula is C11H12ClNO4. The molecule has 0 unspecified atom stereocenters. The second-order valence-corrected chi connectivity index (χ2v) is 3.73. The van der Waals surface area contributed by atoms with Gasteiger partial charge in [0.05, 0.1) is 10.7 Å². The molecule has 0 aromatic heterocycles. The molecule has 1 atom stereocenters. The smallest absolute Gasteiger partial charge is 0.332 e. The van der Waals surface area contributed by atoms with Gasteiger partial charge < -0.3 is 15.2 Å². The molecule has 1 rings (SSSR count). The minimum Gasteiger partial charge on any atom is -0.479 e. The molecule has 6 heteroatoms. The van der Waals surface area contributed by atoms with Crippen molar-refractivity contribution in [3.05, 3.63) is 29.3 Å². The van der Waals surface area contributed by atoms with E-state index in [2.05, 4.69) is 5.32 Å². The number of anilines is 1. The Labute approximate surface area is 103 Å². The number of carboxylic acids is 1. The Bertz CT molecular complexity index is 422. The number of hydrogen-bond acceptors (Lipinski definition) is 3. The van der Waals surface area contributed by atoms with Crippen LogP contribution < -0.4 is 5.32 Å². The van der Waals surface area contributed by atoms with Crippen LogP contribution in [0, 0.1) is 0 Å². The number of carbonyl (C=O) groups excluding carboxylic acids is 1. The topological polar surface area (TPSA) is 75.6 Å². The van der Waals surface area contributed by atoms with Gasteiger partial charge in [0.2, 0.25) is 5.91 Å². The largest absolute Gasteiger partial charge is 0.479 e. The van der Waals surface area contributed by atoms with Gasteiger partial charge in [-0.2, -0.15) is 0 Å². The molecule has 0 bridgehead atoms. The molecule has 5 nitrogen and oxygen atoms in total. The zero-order valence-electron chi connectivity index (χ0n) is 9.14. The third-order valence-corrected chi connectivity index (χ3v) is 2.29. The fourth-order valence-corrected chi connectivity index (χ4v) is 1.20. The third-order valence-electron chi connectivity index (χ3n) is 1.96. The van der Waals surface area contributed by atoms with E-state index in [0.29, 0.717) is 10.7 Å². The van der Waals surface area contributed by atoms with E-state index in [1.54, 1.807) is 24.3 Å². The van der Waals surface area contributed by atoms with E-state index in [-0.39, 0.29) is 6.61 Å². The van der Waals surface area contributed by atoms with Crippen LogP contribution in [0.1, 0.15) is 6.92 Å². The molecule has 1 aromatic rings. The Morgan fingerprint density at radius 3 is 2.71 bits per heavy atom. The van der Waals surface area contributed by atoms with E-state index >= 15 is 0 Å². The number of rotatable bonds is 5. The van der Waals surface area contributed by atoms with Crippen molar-refractivity contribution < 1.29 is 19.4 Å². The first kappa shape index (κ1) is 13.5. The first-order valence-corrected chi connectivity index (χ1v) is 5.27. The van der Waals surface area contributed by atoms with E-state index in [0.717, 1.165) is 0 Å². The molecule has 1 aromatic carbocycles. The zero-order chi connectivity index (χ0) is 12.8. The van der Waals surface area contributed by atoms with Crippen molar-refractivity contribution in [3.63, 3.8) is 0 Å². The van der Waals surface area contributed by atoms with Crippen LogP contribution in [0.5, 0.6) is 0 Å². The minimum absolute atomic E-state index is 0.335. The second-order valence-electron chi connectivity index (χ2n) is 3.32. The van der Waals surface area contributed by atoms with Gasteiger partial charge in [-0.05, 0) is 19.1 Å². The van der Waals surface area contributed by atoms with Crippen molar-refractivity contribution in [1.29, 1.82) is 0 Å². The first-order chi connectivity index (χ1) is 8.00. The Kier molecular flexibility index (Phi) is 4.93. The normalized spacial score (nSPS) is 11.9. The molecule has 0 saturated heterocycles. The lowest BCUT2D eigenvalue weighted by atomic mass is 10.3. The number of aliphatic carboxylic acids is 1. The number of amides is 1. The van der Waals surface area contributed by atoms with Crippen LogP contribution in [0.15, 0.2) is 24.3 Å². The number of carbonyl (C=O) groups is 2. The van der Waals surface area contributed by atoms with Crippen LogP contribution in [-0.4, -0.2) is 29.7 Å². The number of halogens is 1. The Morgan fingerprint density at radius 1 is 1.47 bits per heavy atom. The van der Waals surface area contributed by atoms with Gasteiger partial charge in [-0.3, -0.25) is 4.79 Å². The van der Waals surface area contributed by atoms with E-state index in [1.807, 2.05) is 0 Å². The van der Waals surface area contributed by atoms with Gasteiger partial charge in [-0.1, -0.05) is 23.7 Å². The molecule has 0 fully saturated rings. The summed E-state index contributed by atoms with van der Waals surface area (Å²) < 4.78 is 4.82. The quantitative estimate of drug-likeness (QED) is 0.843. The fraction of sp³-hybridized carbons (Fsp3) is 0.273. The van der Waals surface area contributed by atoms with Crippen LogP contribution in [0.3, 0.4) is 0 Å². The van der Waals surface area contributed by atoms with Crippen molar-refractivity contribution in [3.8, 4) is 0 Å².